The summed E-state index contributed by atoms with van der Waals surface area (Å²) in [5.74, 6) is -1.27. The highest BCUT2D eigenvalue weighted by molar-refractivity contribution is 6.33. The molecule has 1 aromatic carbocycles. The topological polar surface area (TPSA) is 98.5 Å². The number of ether oxygens (including phenoxy) is 1. The van der Waals surface area contributed by atoms with Gasteiger partial charge in [0.15, 0.2) is 6.10 Å². The molecule has 2 rings (SSSR count). The van der Waals surface area contributed by atoms with E-state index in [1.807, 2.05) is 12.2 Å². The van der Waals surface area contributed by atoms with Crippen molar-refractivity contribution in [2.24, 2.45) is 5.92 Å². The number of allylic oxidation sites excluding steroid dienone is 2. The van der Waals surface area contributed by atoms with Crippen LogP contribution in [-0.4, -0.2) is 22.9 Å². The third-order valence-electron chi connectivity index (χ3n) is 3.68. The molecule has 1 aliphatic rings. The summed E-state index contributed by atoms with van der Waals surface area (Å²) in [7, 11) is 0. The molecular weight excluding hydrogens is 336 g/mol. The van der Waals surface area contributed by atoms with Crippen molar-refractivity contribution in [1.82, 2.24) is 0 Å². The molecule has 128 valence electrons. The van der Waals surface area contributed by atoms with Crippen molar-refractivity contribution in [1.29, 1.82) is 0 Å². The summed E-state index contributed by atoms with van der Waals surface area (Å²) in [6.45, 7) is 1.44. The van der Waals surface area contributed by atoms with Gasteiger partial charge in [0.25, 0.3) is 11.6 Å². The van der Waals surface area contributed by atoms with Gasteiger partial charge in [0.1, 0.15) is 0 Å². The van der Waals surface area contributed by atoms with E-state index in [1.54, 1.807) is 0 Å². The molecule has 2 unspecified atom stereocenters. The van der Waals surface area contributed by atoms with Crippen LogP contribution in [0.25, 0.3) is 0 Å². The van der Waals surface area contributed by atoms with Gasteiger partial charge in [-0.1, -0.05) is 23.8 Å². The van der Waals surface area contributed by atoms with Gasteiger partial charge in [0.05, 0.1) is 21.6 Å². The first-order valence-corrected chi connectivity index (χ1v) is 7.86. The first-order chi connectivity index (χ1) is 11.4. The van der Waals surface area contributed by atoms with Crippen LogP contribution in [0, 0.1) is 16.0 Å². The van der Waals surface area contributed by atoms with Crippen molar-refractivity contribution in [2.45, 2.75) is 32.3 Å². The number of nitrogens with zero attached hydrogens (tertiary/aromatic N) is 1. The Morgan fingerprint density at radius 1 is 1.42 bits per heavy atom. The van der Waals surface area contributed by atoms with Crippen molar-refractivity contribution < 1.29 is 19.2 Å². The van der Waals surface area contributed by atoms with Crippen LogP contribution in [0.1, 0.15) is 26.2 Å². The number of carbonyl (C=O) groups excluding carboxylic acids is 2. The fourth-order valence-electron chi connectivity index (χ4n) is 2.29. The first kappa shape index (κ1) is 17.9. The predicted octanol–water partition coefficient (Wildman–Crippen LogP) is 3.47. The number of carbonyl (C=O) groups is 2. The minimum atomic E-state index is -1.03. The Bertz CT molecular complexity index is 689. The molecule has 0 fully saturated rings. The summed E-state index contributed by atoms with van der Waals surface area (Å²) >= 11 is 5.92. The van der Waals surface area contributed by atoms with Crippen LogP contribution in [0.5, 0.6) is 0 Å². The number of anilines is 1. The summed E-state index contributed by atoms with van der Waals surface area (Å²) in [4.78, 5) is 34.3. The molecule has 7 nitrogen and oxygen atoms in total. The van der Waals surface area contributed by atoms with E-state index in [1.165, 1.54) is 19.1 Å². The number of hydrogen-bond acceptors (Lipinski definition) is 5. The van der Waals surface area contributed by atoms with E-state index in [0.717, 1.165) is 12.5 Å². The fraction of sp³-hybridized carbons (Fsp3) is 0.375. The zero-order chi connectivity index (χ0) is 17.7. The van der Waals surface area contributed by atoms with E-state index in [4.69, 9.17) is 16.3 Å². The minimum absolute atomic E-state index is 0.0966. The third kappa shape index (κ3) is 4.55. The SMILES string of the molecule is CC(OC(=O)C1CC=CCC1)C(=O)Nc1cc([N+](=O)[O-])ccc1Cl. The fourth-order valence-corrected chi connectivity index (χ4v) is 2.45. The summed E-state index contributed by atoms with van der Waals surface area (Å²) in [5.41, 5.74) is -0.104. The Balaban J connectivity index is 1.98. The Hall–Kier alpha value is -2.41. The van der Waals surface area contributed by atoms with Crippen LogP contribution in [0.2, 0.25) is 5.02 Å². The average Bonchev–Trinajstić information content (AvgIpc) is 2.57. The number of benzene rings is 1. The molecule has 1 amide bonds. The summed E-state index contributed by atoms with van der Waals surface area (Å²) in [5, 5.41) is 13.4. The van der Waals surface area contributed by atoms with Crippen LogP contribution in [-0.2, 0) is 14.3 Å². The molecule has 0 heterocycles. The number of hydrogen-bond donors (Lipinski definition) is 1. The third-order valence-corrected chi connectivity index (χ3v) is 4.01. The zero-order valence-electron chi connectivity index (χ0n) is 13.0. The Morgan fingerprint density at radius 3 is 2.79 bits per heavy atom. The normalized spacial score (nSPS) is 17.8. The first-order valence-electron chi connectivity index (χ1n) is 7.48. The van der Waals surface area contributed by atoms with Gasteiger partial charge in [0, 0.05) is 12.1 Å². The van der Waals surface area contributed by atoms with Crippen molar-refractivity contribution in [2.75, 3.05) is 5.32 Å². The van der Waals surface area contributed by atoms with Gasteiger partial charge in [-0.3, -0.25) is 19.7 Å². The molecular formula is C16H17ClN2O5. The molecule has 0 saturated carbocycles. The van der Waals surface area contributed by atoms with Crippen molar-refractivity contribution in [3.05, 3.63) is 45.5 Å². The van der Waals surface area contributed by atoms with E-state index < -0.39 is 22.9 Å². The molecule has 0 spiro atoms. The molecule has 2 atom stereocenters. The van der Waals surface area contributed by atoms with Crippen LogP contribution in [0.4, 0.5) is 11.4 Å². The summed E-state index contributed by atoms with van der Waals surface area (Å²) in [6, 6.07) is 3.71. The van der Waals surface area contributed by atoms with Gasteiger partial charge in [-0.05, 0) is 32.3 Å². The lowest BCUT2D eigenvalue weighted by atomic mass is 9.95. The Labute approximate surface area is 143 Å². The Kier molecular flexibility index (Phi) is 5.92. The molecule has 0 saturated heterocycles. The van der Waals surface area contributed by atoms with E-state index in [9.17, 15) is 19.7 Å². The number of non-ortho nitro benzene ring substituents is 1. The lowest BCUT2D eigenvalue weighted by Gasteiger charge is -2.19. The van der Waals surface area contributed by atoms with Gasteiger partial charge in [0.2, 0.25) is 0 Å². The quantitative estimate of drug-likeness (QED) is 0.378. The van der Waals surface area contributed by atoms with Crippen LogP contribution < -0.4 is 5.32 Å². The van der Waals surface area contributed by atoms with Gasteiger partial charge < -0.3 is 10.1 Å². The van der Waals surface area contributed by atoms with Gasteiger partial charge in [-0.2, -0.15) is 0 Å². The van der Waals surface area contributed by atoms with Crippen molar-refractivity contribution in [3.8, 4) is 0 Å². The smallest absolute Gasteiger partial charge is 0.310 e. The summed E-state index contributed by atoms with van der Waals surface area (Å²) < 4.78 is 5.18. The minimum Gasteiger partial charge on any atom is -0.452 e. The molecule has 0 radical (unpaired) electrons. The maximum atomic E-state index is 12.1. The number of esters is 1. The number of nitro groups is 1. The molecule has 1 N–H and O–H groups in total. The molecule has 1 aromatic rings. The van der Waals surface area contributed by atoms with E-state index in [-0.39, 0.29) is 22.3 Å². The number of rotatable bonds is 5. The number of halogens is 1. The summed E-state index contributed by atoms with van der Waals surface area (Å²) in [6.07, 6.45) is 5.00. The van der Waals surface area contributed by atoms with Crippen LogP contribution in [0.15, 0.2) is 30.4 Å². The van der Waals surface area contributed by atoms with Gasteiger partial charge >= 0.3 is 5.97 Å². The number of amides is 1. The highest BCUT2D eigenvalue weighted by atomic mass is 35.5. The highest BCUT2D eigenvalue weighted by Crippen LogP contribution is 2.27. The zero-order valence-corrected chi connectivity index (χ0v) is 13.8. The maximum absolute atomic E-state index is 12.1. The maximum Gasteiger partial charge on any atom is 0.310 e. The Morgan fingerprint density at radius 2 is 2.17 bits per heavy atom. The van der Waals surface area contributed by atoms with E-state index in [2.05, 4.69) is 5.32 Å². The second-order valence-corrected chi connectivity index (χ2v) is 5.88. The molecule has 0 bridgehead atoms. The average molecular weight is 353 g/mol. The highest BCUT2D eigenvalue weighted by Gasteiger charge is 2.25. The molecule has 1 aliphatic carbocycles. The molecule has 24 heavy (non-hydrogen) atoms. The largest absolute Gasteiger partial charge is 0.452 e. The monoisotopic (exact) mass is 352 g/mol. The second-order valence-electron chi connectivity index (χ2n) is 5.47. The lowest BCUT2D eigenvalue weighted by Crippen LogP contribution is -2.32. The predicted molar refractivity (Wildman–Crippen MR) is 88.8 cm³/mol. The van der Waals surface area contributed by atoms with Crippen molar-refractivity contribution in [3.63, 3.8) is 0 Å². The van der Waals surface area contributed by atoms with Crippen molar-refractivity contribution >= 4 is 34.9 Å². The molecule has 8 heteroatoms. The second kappa shape index (κ2) is 7.92. The van der Waals surface area contributed by atoms with Gasteiger partial charge in [-0.25, -0.2) is 0 Å². The van der Waals surface area contributed by atoms with Crippen LogP contribution >= 0.6 is 11.6 Å². The number of nitrogens with one attached hydrogen (secondary N) is 1. The molecule has 0 aromatic heterocycles. The standard InChI is InChI=1S/C16H17ClN2O5/c1-10(24-16(21)11-5-3-2-4-6-11)15(20)18-14-9-12(19(22)23)7-8-13(14)17/h2-3,7-11H,4-6H2,1H3,(H,18,20). The number of nitro benzene ring substituents is 1. The van der Waals surface area contributed by atoms with Crippen LogP contribution in [0.3, 0.4) is 0 Å². The van der Waals surface area contributed by atoms with E-state index >= 15 is 0 Å². The van der Waals surface area contributed by atoms with Gasteiger partial charge in [-0.15, -0.1) is 0 Å². The lowest BCUT2D eigenvalue weighted by molar-refractivity contribution is -0.384. The molecule has 0 aliphatic heterocycles. The van der Waals surface area contributed by atoms with E-state index in [0.29, 0.717) is 12.8 Å².